The minimum absolute atomic E-state index is 0.701. The van der Waals surface area contributed by atoms with Crippen molar-refractivity contribution in [3.63, 3.8) is 0 Å². The number of fused-ring (bicyclic) bond motifs is 8. The van der Waals surface area contributed by atoms with Crippen LogP contribution in [-0.2, 0) is 0 Å². The Labute approximate surface area is 352 Å². The van der Waals surface area contributed by atoms with Crippen LogP contribution in [0.15, 0.2) is 217 Å². The van der Waals surface area contributed by atoms with Crippen LogP contribution in [0, 0.1) is 0 Å². The predicted molar refractivity (Wildman–Crippen MR) is 252 cm³/mol. The van der Waals surface area contributed by atoms with Crippen LogP contribution in [0.3, 0.4) is 0 Å². The van der Waals surface area contributed by atoms with E-state index in [1.807, 2.05) is 42.5 Å². The fourth-order valence-corrected chi connectivity index (χ4v) is 8.90. The largest absolute Gasteiger partial charge is 0.454 e. The minimum Gasteiger partial charge on any atom is -0.454 e. The highest BCUT2D eigenvalue weighted by molar-refractivity contribution is 6.23. The van der Waals surface area contributed by atoms with Gasteiger partial charge < -0.3 is 4.42 Å². The summed E-state index contributed by atoms with van der Waals surface area (Å²) in [5.41, 5.74) is 13.8. The van der Waals surface area contributed by atoms with E-state index in [0.29, 0.717) is 5.82 Å². The molecule has 0 aliphatic rings. The lowest BCUT2D eigenvalue weighted by Gasteiger charge is -2.13. The molecule has 284 valence electrons. The summed E-state index contributed by atoms with van der Waals surface area (Å²) in [5.74, 6) is 0.701. The van der Waals surface area contributed by atoms with Crippen molar-refractivity contribution in [2.75, 3.05) is 0 Å². The normalized spacial score (nSPS) is 11.6. The first-order chi connectivity index (χ1) is 30.2. The van der Waals surface area contributed by atoms with Gasteiger partial charge >= 0.3 is 0 Å². The molecule has 0 amide bonds. The van der Waals surface area contributed by atoms with Crippen molar-refractivity contribution < 1.29 is 4.42 Å². The van der Waals surface area contributed by atoms with E-state index in [0.717, 1.165) is 99.8 Å². The third-order valence-electron chi connectivity index (χ3n) is 11.8. The Balaban J connectivity index is 0.979. The molecule has 0 spiro atoms. The average molecular weight is 778 g/mol. The van der Waals surface area contributed by atoms with Crippen LogP contribution in [0.1, 0.15) is 0 Å². The van der Waals surface area contributed by atoms with Gasteiger partial charge in [-0.15, -0.1) is 0 Å². The number of benzene rings is 9. The van der Waals surface area contributed by atoms with E-state index in [9.17, 15) is 0 Å². The van der Waals surface area contributed by atoms with Crippen molar-refractivity contribution in [3.8, 4) is 67.4 Å². The average Bonchev–Trinajstić information content (AvgIpc) is 3.74. The van der Waals surface area contributed by atoms with Gasteiger partial charge in [0, 0.05) is 38.4 Å². The Kier molecular flexibility index (Phi) is 8.13. The summed E-state index contributed by atoms with van der Waals surface area (Å²) in [6.45, 7) is 0. The van der Waals surface area contributed by atoms with E-state index < -0.39 is 0 Å². The molecule has 0 fully saturated rings. The zero-order valence-electron chi connectivity index (χ0n) is 33.0. The van der Waals surface area contributed by atoms with Gasteiger partial charge in [-0.05, 0) is 86.3 Å². The molecule has 0 saturated heterocycles. The lowest BCUT2D eigenvalue weighted by Crippen LogP contribution is -1.96. The second-order valence-corrected chi connectivity index (χ2v) is 15.5. The number of furan rings is 1. The van der Waals surface area contributed by atoms with Crippen molar-refractivity contribution in [2.24, 2.45) is 0 Å². The van der Waals surface area contributed by atoms with E-state index >= 15 is 0 Å². The zero-order chi connectivity index (χ0) is 40.3. The lowest BCUT2D eigenvalue weighted by atomic mass is 9.93. The van der Waals surface area contributed by atoms with Gasteiger partial charge in [0.2, 0.25) is 0 Å². The Morgan fingerprint density at radius 1 is 0.328 bits per heavy atom. The van der Waals surface area contributed by atoms with Gasteiger partial charge in [0.05, 0.1) is 16.9 Å². The maximum atomic E-state index is 6.77. The van der Waals surface area contributed by atoms with Crippen LogP contribution < -0.4 is 0 Å². The molecule has 0 aliphatic carbocycles. The standard InChI is InChI=1S/C57H35N3O/c1-3-15-36(16-4-1)51-35-52(60-57(59-51)37-17-5-2-6-18-37)43-23-14-22-40(32-43)38-20-13-21-39(31-38)41-29-30-50-49(33-41)54-47-27-11-12-28-53(47)61-56(54)55(58-50)48-34-42-19-7-8-24-44(42)45-25-9-10-26-46(45)48/h1-35H. The van der Waals surface area contributed by atoms with Crippen LogP contribution in [-0.4, -0.2) is 15.0 Å². The fraction of sp³-hybridized carbons (Fsp3) is 0. The monoisotopic (exact) mass is 777 g/mol. The molecule has 0 saturated carbocycles. The summed E-state index contributed by atoms with van der Waals surface area (Å²) in [7, 11) is 0. The first-order valence-corrected chi connectivity index (χ1v) is 20.6. The maximum Gasteiger partial charge on any atom is 0.162 e. The van der Waals surface area contributed by atoms with Gasteiger partial charge in [0.25, 0.3) is 0 Å². The van der Waals surface area contributed by atoms with Crippen LogP contribution in [0.4, 0.5) is 0 Å². The lowest BCUT2D eigenvalue weighted by molar-refractivity contribution is 0.669. The van der Waals surface area contributed by atoms with Gasteiger partial charge in [0.15, 0.2) is 11.4 Å². The number of hydrogen-bond donors (Lipinski definition) is 0. The number of hydrogen-bond acceptors (Lipinski definition) is 4. The predicted octanol–water partition coefficient (Wildman–Crippen LogP) is 15.2. The van der Waals surface area contributed by atoms with E-state index in [2.05, 4.69) is 170 Å². The Morgan fingerprint density at radius 2 is 0.885 bits per heavy atom. The molecule has 0 aliphatic heterocycles. The van der Waals surface area contributed by atoms with Crippen molar-refractivity contribution in [1.82, 2.24) is 15.0 Å². The zero-order valence-corrected chi connectivity index (χ0v) is 33.0. The molecule has 0 atom stereocenters. The summed E-state index contributed by atoms with van der Waals surface area (Å²) in [5, 5.41) is 7.97. The third-order valence-corrected chi connectivity index (χ3v) is 11.8. The topological polar surface area (TPSA) is 51.8 Å². The molecule has 12 rings (SSSR count). The van der Waals surface area contributed by atoms with Crippen LogP contribution in [0.25, 0.3) is 122 Å². The number of pyridine rings is 1. The first-order valence-electron chi connectivity index (χ1n) is 20.6. The quantitative estimate of drug-likeness (QED) is 0.158. The van der Waals surface area contributed by atoms with Crippen molar-refractivity contribution in [1.29, 1.82) is 0 Å². The molecular weight excluding hydrogens is 743 g/mol. The molecule has 0 unspecified atom stereocenters. The molecule has 61 heavy (non-hydrogen) atoms. The van der Waals surface area contributed by atoms with Gasteiger partial charge in [-0.3, -0.25) is 0 Å². The summed E-state index contributed by atoms with van der Waals surface area (Å²) in [6, 6.07) is 74.4. The highest BCUT2D eigenvalue weighted by atomic mass is 16.3. The smallest absolute Gasteiger partial charge is 0.162 e. The van der Waals surface area contributed by atoms with Crippen molar-refractivity contribution >= 4 is 54.4 Å². The second-order valence-electron chi connectivity index (χ2n) is 15.5. The van der Waals surface area contributed by atoms with Crippen molar-refractivity contribution in [2.45, 2.75) is 0 Å². The molecule has 4 heteroatoms. The summed E-state index contributed by atoms with van der Waals surface area (Å²) < 4.78 is 6.77. The Morgan fingerprint density at radius 3 is 1.64 bits per heavy atom. The molecule has 12 aromatic rings. The molecule has 9 aromatic carbocycles. The molecule has 3 heterocycles. The maximum absolute atomic E-state index is 6.77. The molecular formula is C57H35N3O. The van der Waals surface area contributed by atoms with Crippen LogP contribution in [0.5, 0.6) is 0 Å². The molecule has 3 aromatic heterocycles. The first kappa shape index (κ1) is 34.8. The summed E-state index contributed by atoms with van der Waals surface area (Å²) in [6.07, 6.45) is 0. The summed E-state index contributed by atoms with van der Waals surface area (Å²) >= 11 is 0. The van der Waals surface area contributed by atoms with E-state index in [1.54, 1.807) is 0 Å². The molecule has 4 nitrogen and oxygen atoms in total. The Hall–Kier alpha value is -8.21. The van der Waals surface area contributed by atoms with Crippen LogP contribution >= 0.6 is 0 Å². The minimum atomic E-state index is 0.701. The Bertz CT molecular complexity index is 3590. The number of para-hydroxylation sites is 1. The molecule has 0 bridgehead atoms. The highest BCUT2D eigenvalue weighted by Crippen LogP contribution is 2.44. The molecule has 0 N–H and O–H groups in total. The van der Waals surface area contributed by atoms with E-state index in [4.69, 9.17) is 19.4 Å². The number of aromatic nitrogens is 3. The molecule has 0 radical (unpaired) electrons. The van der Waals surface area contributed by atoms with Crippen LogP contribution in [0.2, 0.25) is 0 Å². The van der Waals surface area contributed by atoms with E-state index in [1.165, 1.54) is 16.2 Å². The number of rotatable bonds is 6. The van der Waals surface area contributed by atoms with Gasteiger partial charge in [-0.2, -0.15) is 0 Å². The second kappa shape index (κ2) is 14.3. The SMILES string of the molecule is c1ccc(-c2cc(-c3cccc(-c4cccc(-c5ccc6nc(-c7cc8ccccc8c8ccccc78)c7oc8ccccc8c7c6c5)c4)c3)nc(-c3ccccc3)n2)cc1. The third kappa shape index (κ3) is 6.04. The van der Waals surface area contributed by atoms with Gasteiger partial charge in [-0.1, -0.05) is 170 Å². The van der Waals surface area contributed by atoms with E-state index in [-0.39, 0.29) is 0 Å². The summed E-state index contributed by atoms with van der Waals surface area (Å²) in [4.78, 5) is 15.5. The number of nitrogens with zero attached hydrogens (tertiary/aromatic N) is 3. The fourth-order valence-electron chi connectivity index (χ4n) is 8.90. The van der Waals surface area contributed by atoms with Gasteiger partial charge in [-0.25, -0.2) is 15.0 Å². The van der Waals surface area contributed by atoms with Gasteiger partial charge in [0.1, 0.15) is 11.3 Å². The van der Waals surface area contributed by atoms with Crippen molar-refractivity contribution in [3.05, 3.63) is 212 Å². The highest BCUT2D eigenvalue weighted by Gasteiger charge is 2.21.